The van der Waals surface area contributed by atoms with Gasteiger partial charge in [-0.25, -0.2) is 0 Å². The quantitative estimate of drug-likeness (QED) is 0.829. The van der Waals surface area contributed by atoms with Gasteiger partial charge >= 0.3 is 0 Å². The lowest BCUT2D eigenvalue weighted by Gasteiger charge is -2.17. The highest BCUT2D eigenvalue weighted by atomic mass is 16.5. The molecule has 1 N–H and O–H groups in total. The first-order valence-corrected chi connectivity index (χ1v) is 9.12. The minimum atomic E-state index is -0.193. The van der Waals surface area contributed by atoms with Crippen molar-refractivity contribution in [3.63, 3.8) is 0 Å². The van der Waals surface area contributed by atoms with Gasteiger partial charge in [-0.2, -0.15) is 0 Å². The molecule has 28 heavy (non-hydrogen) atoms. The van der Waals surface area contributed by atoms with Gasteiger partial charge in [0.25, 0.3) is 5.91 Å². The smallest absolute Gasteiger partial charge is 0.257 e. The number of likely N-dealkylation sites (N-methyl/N-ethyl adjacent to an activating group) is 1. The Morgan fingerprint density at radius 1 is 1.14 bits per heavy atom. The van der Waals surface area contributed by atoms with Gasteiger partial charge in [0, 0.05) is 12.2 Å². The van der Waals surface area contributed by atoms with Crippen LogP contribution in [0.2, 0.25) is 0 Å². The molecular formula is C21H24N2O5. The standard InChI is InChI=1S/C21H24N2O5/c1-4-23-9-10-28-17-8-6-15(13-16(17)21(23)25)22-20(24)12-14-5-7-18(26-2)19(11-14)27-3/h5-8,11,13H,4,9-10,12H2,1-3H3,(H,22,24). The Kier molecular flexibility index (Phi) is 6.03. The van der Waals surface area contributed by atoms with Gasteiger partial charge in [0.1, 0.15) is 12.4 Å². The van der Waals surface area contributed by atoms with Crippen LogP contribution in [0.25, 0.3) is 0 Å². The molecule has 2 aromatic carbocycles. The van der Waals surface area contributed by atoms with Crippen molar-refractivity contribution in [3.8, 4) is 17.2 Å². The van der Waals surface area contributed by atoms with Gasteiger partial charge in [-0.1, -0.05) is 6.07 Å². The van der Waals surface area contributed by atoms with Gasteiger partial charge in [0.15, 0.2) is 11.5 Å². The minimum absolute atomic E-state index is 0.0917. The fraction of sp³-hybridized carbons (Fsp3) is 0.333. The summed E-state index contributed by atoms with van der Waals surface area (Å²) in [6, 6.07) is 10.5. The van der Waals surface area contributed by atoms with Crippen molar-refractivity contribution < 1.29 is 23.8 Å². The predicted octanol–water partition coefficient (Wildman–Crippen LogP) is 2.74. The maximum Gasteiger partial charge on any atom is 0.257 e. The van der Waals surface area contributed by atoms with Crippen LogP contribution in [0.3, 0.4) is 0 Å². The molecule has 0 fully saturated rings. The zero-order chi connectivity index (χ0) is 20.1. The van der Waals surface area contributed by atoms with Gasteiger partial charge in [-0.3, -0.25) is 9.59 Å². The molecule has 0 bridgehead atoms. The molecule has 0 saturated heterocycles. The zero-order valence-corrected chi connectivity index (χ0v) is 16.3. The Labute approximate surface area is 164 Å². The van der Waals surface area contributed by atoms with Crippen LogP contribution in [0.15, 0.2) is 36.4 Å². The average molecular weight is 384 g/mol. The van der Waals surface area contributed by atoms with E-state index in [9.17, 15) is 9.59 Å². The van der Waals surface area contributed by atoms with Gasteiger partial charge in [-0.05, 0) is 42.8 Å². The lowest BCUT2D eigenvalue weighted by Crippen LogP contribution is -2.32. The minimum Gasteiger partial charge on any atom is -0.493 e. The molecule has 1 aliphatic heterocycles. The third kappa shape index (κ3) is 4.19. The van der Waals surface area contributed by atoms with Gasteiger partial charge < -0.3 is 24.4 Å². The molecule has 0 atom stereocenters. The molecule has 0 aliphatic carbocycles. The summed E-state index contributed by atoms with van der Waals surface area (Å²) >= 11 is 0. The number of hydrogen-bond acceptors (Lipinski definition) is 5. The first-order valence-electron chi connectivity index (χ1n) is 9.12. The summed E-state index contributed by atoms with van der Waals surface area (Å²) < 4.78 is 16.1. The largest absolute Gasteiger partial charge is 0.493 e. The van der Waals surface area contributed by atoms with Crippen molar-refractivity contribution in [2.45, 2.75) is 13.3 Å². The molecule has 0 aromatic heterocycles. The first-order chi connectivity index (χ1) is 13.5. The molecule has 0 saturated carbocycles. The van der Waals surface area contributed by atoms with Gasteiger partial charge in [0.05, 0.1) is 32.7 Å². The van der Waals surface area contributed by atoms with Crippen molar-refractivity contribution in [3.05, 3.63) is 47.5 Å². The van der Waals surface area contributed by atoms with Crippen molar-refractivity contribution in [1.82, 2.24) is 4.90 Å². The lowest BCUT2D eigenvalue weighted by atomic mass is 10.1. The van der Waals surface area contributed by atoms with Crippen LogP contribution >= 0.6 is 0 Å². The summed E-state index contributed by atoms with van der Waals surface area (Å²) in [7, 11) is 3.11. The van der Waals surface area contributed by atoms with Crippen LogP contribution in [0.4, 0.5) is 5.69 Å². The van der Waals surface area contributed by atoms with E-state index in [1.54, 1.807) is 49.5 Å². The summed E-state index contributed by atoms with van der Waals surface area (Å²) in [5.41, 5.74) is 1.81. The number of benzene rings is 2. The van der Waals surface area contributed by atoms with Crippen LogP contribution in [0.1, 0.15) is 22.8 Å². The maximum absolute atomic E-state index is 12.6. The number of hydrogen-bond donors (Lipinski definition) is 1. The first kappa shape index (κ1) is 19.5. The van der Waals surface area contributed by atoms with E-state index in [1.165, 1.54) is 0 Å². The number of ether oxygens (including phenoxy) is 3. The molecule has 7 heteroatoms. The van der Waals surface area contributed by atoms with Gasteiger partial charge in [-0.15, -0.1) is 0 Å². The number of carbonyl (C=O) groups excluding carboxylic acids is 2. The highest BCUT2D eigenvalue weighted by molar-refractivity contribution is 6.00. The van der Waals surface area contributed by atoms with E-state index in [2.05, 4.69) is 5.32 Å². The number of methoxy groups -OCH3 is 2. The molecule has 3 rings (SSSR count). The molecule has 0 spiro atoms. The van der Waals surface area contributed by atoms with E-state index in [0.717, 1.165) is 5.56 Å². The summed E-state index contributed by atoms with van der Waals surface area (Å²) in [4.78, 5) is 26.8. The summed E-state index contributed by atoms with van der Waals surface area (Å²) in [5.74, 6) is 1.43. The predicted molar refractivity (Wildman–Crippen MR) is 105 cm³/mol. The third-order valence-corrected chi connectivity index (χ3v) is 4.59. The SMILES string of the molecule is CCN1CCOc2ccc(NC(=O)Cc3ccc(OC)c(OC)c3)cc2C1=O. The number of fused-ring (bicyclic) bond motifs is 1. The van der Waals surface area contributed by atoms with Crippen LogP contribution < -0.4 is 19.5 Å². The Morgan fingerprint density at radius 2 is 1.93 bits per heavy atom. The summed E-state index contributed by atoms with van der Waals surface area (Å²) in [5, 5.41) is 2.84. The molecule has 1 heterocycles. The fourth-order valence-corrected chi connectivity index (χ4v) is 3.12. The average Bonchev–Trinajstić information content (AvgIpc) is 2.86. The summed E-state index contributed by atoms with van der Waals surface area (Å²) in [6.45, 7) is 3.54. The molecule has 0 radical (unpaired) electrons. The molecule has 2 aromatic rings. The summed E-state index contributed by atoms with van der Waals surface area (Å²) in [6.07, 6.45) is 0.170. The molecule has 148 valence electrons. The second kappa shape index (κ2) is 8.65. The molecule has 1 aliphatic rings. The zero-order valence-electron chi connectivity index (χ0n) is 16.3. The maximum atomic E-state index is 12.6. The number of amides is 2. The number of nitrogens with zero attached hydrogens (tertiary/aromatic N) is 1. The Bertz CT molecular complexity index is 881. The van der Waals surface area contributed by atoms with Crippen LogP contribution in [-0.4, -0.2) is 50.6 Å². The Balaban J connectivity index is 1.74. The van der Waals surface area contributed by atoms with E-state index < -0.39 is 0 Å². The lowest BCUT2D eigenvalue weighted by molar-refractivity contribution is -0.115. The van der Waals surface area contributed by atoms with Crippen molar-refractivity contribution in [2.24, 2.45) is 0 Å². The number of nitrogens with one attached hydrogen (secondary N) is 1. The normalized spacial score (nSPS) is 13.2. The number of rotatable bonds is 6. The van der Waals surface area contributed by atoms with E-state index in [0.29, 0.717) is 48.2 Å². The van der Waals surface area contributed by atoms with E-state index in [4.69, 9.17) is 14.2 Å². The van der Waals surface area contributed by atoms with Crippen molar-refractivity contribution in [2.75, 3.05) is 39.2 Å². The van der Waals surface area contributed by atoms with Crippen molar-refractivity contribution >= 4 is 17.5 Å². The fourth-order valence-electron chi connectivity index (χ4n) is 3.12. The third-order valence-electron chi connectivity index (χ3n) is 4.59. The van der Waals surface area contributed by atoms with E-state index >= 15 is 0 Å². The Hall–Kier alpha value is -3.22. The van der Waals surface area contributed by atoms with Crippen LogP contribution in [0.5, 0.6) is 17.2 Å². The van der Waals surface area contributed by atoms with Crippen LogP contribution in [-0.2, 0) is 11.2 Å². The van der Waals surface area contributed by atoms with Crippen molar-refractivity contribution in [1.29, 1.82) is 0 Å². The van der Waals surface area contributed by atoms with Gasteiger partial charge in [0.2, 0.25) is 5.91 Å². The Morgan fingerprint density at radius 3 is 2.64 bits per heavy atom. The van der Waals surface area contributed by atoms with E-state index in [-0.39, 0.29) is 18.2 Å². The second-order valence-corrected chi connectivity index (χ2v) is 6.36. The molecular weight excluding hydrogens is 360 g/mol. The molecule has 7 nitrogen and oxygen atoms in total. The topological polar surface area (TPSA) is 77.1 Å². The monoisotopic (exact) mass is 384 g/mol. The highest BCUT2D eigenvalue weighted by Gasteiger charge is 2.23. The molecule has 0 unspecified atom stereocenters. The second-order valence-electron chi connectivity index (χ2n) is 6.36. The number of carbonyl (C=O) groups is 2. The molecule has 2 amide bonds. The number of anilines is 1. The van der Waals surface area contributed by atoms with Crippen LogP contribution in [0, 0.1) is 0 Å². The highest BCUT2D eigenvalue weighted by Crippen LogP contribution is 2.29. The van der Waals surface area contributed by atoms with E-state index in [1.807, 2.05) is 13.0 Å².